The Hall–Kier alpha value is -2.15. The Morgan fingerprint density at radius 2 is 2.05 bits per heavy atom. The number of halogens is 2. The zero-order valence-electron chi connectivity index (χ0n) is 12.0. The minimum atomic E-state index is -3.04. The highest BCUT2D eigenvalue weighted by Crippen LogP contribution is 2.33. The summed E-state index contributed by atoms with van der Waals surface area (Å²) < 4.78 is 34.5. The highest BCUT2D eigenvalue weighted by Gasteiger charge is 2.21. The molecule has 1 aromatic carbocycles. The van der Waals surface area contributed by atoms with Crippen LogP contribution in [0.5, 0.6) is 11.5 Å². The van der Waals surface area contributed by atoms with Gasteiger partial charge in [0.25, 0.3) is 5.91 Å². The molecule has 0 fully saturated rings. The molecule has 1 unspecified atom stereocenters. The van der Waals surface area contributed by atoms with Gasteiger partial charge < -0.3 is 14.8 Å². The normalized spacial score (nSPS) is 12.0. The maximum Gasteiger partial charge on any atom is 0.387 e. The average molecular weight is 327 g/mol. The van der Waals surface area contributed by atoms with Gasteiger partial charge in [0.1, 0.15) is 0 Å². The number of para-hydroxylation sites is 1. The SMILES string of the molecule is COc1cccc(C(=O)NC(C)c2cccs2)c1OC(F)F. The largest absolute Gasteiger partial charge is 0.493 e. The third-order valence-electron chi connectivity index (χ3n) is 2.97. The van der Waals surface area contributed by atoms with Gasteiger partial charge in [-0.15, -0.1) is 11.3 Å². The lowest BCUT2D eigenvalue weighted by Crippen LogP contribution is -2.27. The van der Waals surface area contributed by atoms with E-state index in [2.05, 4.69) is 10.1 Å². The smallest absolute Gasteiger partial charge is 0.387 e. The fraction of sp³-hybridized carbons (Fsp3) is 0.267. The predicted octanol–water partition coefficient (Wildman–Crippen LogP) is 3.85. The predicted molar refractivity (Wildman–Crippen MR) is 79.8 cm³/mol. The molecule has 7 heteroatoms. The van der Waals surface area contributed by atoms with E-state index >= 15 is 0 Å². The van der Waals surface area contributed by atoms with Crippen LogP contribution < -0.4 is 14.8 Å². The van der Waals surface area contributed by atoms with Gasteiger partial charge in [0.2, 0.25) is 0 Å². The Morgan fingerprint density at radius 3 is 2.64 bits per heavy atom. The number of carbonyl (C=O) groups is 1. The molecule has 0 radical (unpaired) electrons. The Labute approximate surface area is 130 Å². The van der Waals surface area contributed by atoms with Crippen molar-refractivity contribution >= 4 is 17.2 Å². The van der Waals surface area contributed by atoms with Crippen molar-refractivity contribution in [2.75, 3.05) is 7.11 Å². The standard InChI is InChI=1S/C15H15F2NO3S/c1-9(12-7-4-8-22-12)18-14(19)10-5-3-6-11(20-2)13(10)21-15(16)17/h3-9,15H,1-2H3,(H,18,19). The first kappa shape index (κ1) is 16.2. The van der Waals surface area contributed by atoms with Crippen LogP contribution in [0, 0.1) is 0 Å². The zero-order chi connectivity index (χ0) is 16.1. The van der Waals surface area contributed by atoms with Gasteiger partial charge in [0.05, 0.1) is 18.7 Å². The number of ether oxygens (including phenoxy) is 2. The highest BCUT2D eigenvalue weighted by molar-refractivity contribution is 7.10. The van der Waals surface area contributed by atoms with Crippen molar-refractivity contribution in [1.29, 1.82) is 0 Å². The van der Waals surface area contributed by atoms with Crippen molar-refractivity contribution in [2.24, 2.45) is 0 Å². The third-order valence-corrected chi connectivity index (χ3v) is 4.02. The van der Waals surface area contributed by atoms with Crippen LogP contribution in [0.25, 0.3) is 0 Å². The maximum atomic E-state index is 12.6. The molecular weight excluding hydrogens is 312 g/mol. The van der Waals surface area contributed by atoms with Crippen molar-refractivity contribution in [3.8, 4) is 11.5 Å². The summed E-state index contributed by atoms with van der Waals surface area (Å²) >= 11 is 1.50. The Bertz CT molecular complexity index is 632. The van der Waals surface area contributed by atoms with Gasteiger partial charge in [-0.2, -0.15) is 8.78 Å². The third kappa shape index (κ3) is 3.73. The second-order valence-electron chi connectivity index (χ2n) is 4.43. The van der Waals surface area contributed by atoms with Crippen LogP contribution >= 0.6 is 11.3 Å². The first-order valence-electron chi connectivity index (χ1n) is 6.49. The van der Waals surface area contributed by atoms with Crippen LogP contribution in [0.4, 0.5) is 8.78 Å². The lowest BCUT2D eigenvalue weighted by molar-refractivity contribution is -0.0515. The molecule has 0 spiro atoms. The molecule has 2 aromatic rings. The van der Waals surface area contributed by atoms with E-state index in [9.17, 15) is 13.6 Å². The first-order valence-corrected chi connectivity index (χ1v) is 7.37. The molecule has 1 aromatic heterocycles. The molecule has 1 atom stereocenters. The van der Waals surface area contributed by atoms with E-state index < -0.39 is 12.5 Å². The summed E-state index contributed by atoms with van der Waals surface area (Å²) in [6, 6.07) is 7.94. The summed E-state index contributed by atoms with van der Waals surface area (Å²) in [4.78, 5) is 13.3. The molecule has 0 bridgehead atoms. The number of alkyl halides is 2. The van der Waals surface area contributed by atoms with Crippen LogP contribution in [0.15, 0.2) is 35.7 Å². The molecule has 22 heavy (non-hydrogen) atoms. The number of thiophene rings is 1. The Balaban J connectivity index is 2.25. The summed E-state index contributed by atoms with van der Waals surface area (Å²) in [5.74, 6) is -0.692. The molecule has 118 valence electrons. The molecule has 1 amide bonds. The topological polar surface area (TPSA) is 47.6 Å². The molecule has 0 saturated heterocycles. The number of carbonyl (C=O) groups excluding carboxylic acids is 1. The van der Waals surface area contributed by atoms with Crippen LogP contribution in [-0.2, 0) is 0 Å². The number of hydrogen-bond donors (Lipinski definition) is 1. The van der Waals surface area contributed by atoms with E-state index in [1.807, 2.05) is 24.4 Å². The van der Waals surface area contributed by atoms with Gasteiger partial charge >= 0.3 is 6.61 Å². The second kappa shape index (κ2) is 7.22. The number of hydrogen-bond acceptors (Lipinski definition) is 4. The van der Waals surface area contributed by atoms with Crippen LogP contribution in [-0.4, -0.2) is 19.6 Å². The summed E-state index contributed by atoms with van der Waals surface area (Å²) in [5.41, 5.74) is 0.00283. The van der Waals surface area contributed by atoms with Crippen molar-refractivity contribution in [2.45, 2.75) is 19.6 Å². The van der Waals surface area contributed by atoms with E-state index in [0.29, 0.717) is 0 Å². The number of nitrogens with one attached hydrogen (secondary N) is 1. The van der Waals surface area contributed by atoms with E-state index in [4.69, 9.17) is 4.74 Å². The lowest BCUT2D eigenvalue weighted by Gasteiger charge is -2.16. The van der Waals surface area contributed by atoms with Crippen molar-refractivity contribution < 1.29 is 23.0 Å². The molecule has 2 rings (SSSR count). The second-order valence-corrected chi connectivity index (χ2v) is 5.41. The molecule has 1 N–H and O–H groups in total. The molecular formula is C15H15F2NO3S. The van der Waals surface area contributed by atoms with Crippen LogP contribution in [0.1, 0.15) is 28.2 Å². The maximum absolute atomic E-state index is 12.6. The number of methoxy groups -OCH3 is 1. The highest BCUT2D eigenvalue weighted by atomic mass is 32.1. The summed E-state index contributed by atoms with van der Waals surface area (Å²) in [6.07, 6.45) is 0. The molecule has 4 nitrogen and oxygen atoms in total. The fourth-order valence-electron chi connectivity index (χ4n) is 1.95. The molecule has 0 aliphatic heterocycles. The van der Waals surface area contributed by atoms with Crippen LogP contribution in [0.2, 0.25) is 0 Å². The van der Waals surface area contributed by atoms with Gasteiger partial charge in [0, 0.05) is 4.88 Å². The zero-order valence-corrected chi connectivity index (χ0v) is 12.8. The van der Waals surface area contributed by atoms with Crippen molar-refractivity contribution in [1.82, 2.24) is 5.32 Å². The summed E-state index contributed by atoms with van der Waals surface area (Å²) in [6.45, 7) is -1.23. The minimum Gasteiger partial charge on any atom is -0.493 e. The quantitative estimate of drug-likeness (QED) is 0.877. The fourth-order valence-corrected chi connectivity index (χ4v) is 2.68. The first-order chi connectivity index (χ1) is 10.5. The van der Waals surface area contributed by atoms with Crippen LogP contribution in [0.3, 0.4) is 0 Å². The molecule has 0 aliphatic carbocycles. The molecule has 0 aliphatic rings. The minimum absolute atomic E-state index is 0.00283. The van der Waals surface area contributed by atoms with Crippen molar-refractivity contribution in [3.05, 3.63) is 46.2 Å². The van der Waals surface area contributed by atoms with Gasteiger partial charge in [-0.1, -0.05) is 12.1 Å². The van der Waals surface area contributed by atoms with Gasteiger partial charge in [-0.3, -0.25) is 4.79 Å². The van der Waals surface area contributed by atoms with E-state index in [1.165, 1.54) is 30.6 Å². The number of benzene rings is 1. The molecule has 0 saturated carbocycles. The lowest BCUT2D eigenvalue weighted by atomic mass is 10.1. The summed E-state index contributed by atoms with van der Waals surface area (Å²) in [5, 5.41) is 4.65. The average Bonchev–Trinajstić information content (AvgIpc) is 3.01. The van der Waals surface area contributed by atoms with E-state index in [0.717, 1.165) is 4.88 Å². The number of amides is 1. The molecule has 1 heterocycles. The van der Waals surface area contributed by atoms with Gasteiger partial charge in [0.15, 0.2) is 11.5 Å². The Kier molecular flexibility index (Phi) is 5.32. The van der Waals surface area contributed by atoms with E-state index in [1.54, 1.807) is 6.07 Å². The van der Waals surface area contributed by atoms with E-state index in [-0.39, 0.29) is 23.1 Å². The Morgan fingerprint density at radius 1 is 1.27 bits per heavy atom. The van der Waals surface area contributed by atoms with Crippen molar-refractivity contribution in [3.63, 3.8) is 0 Å². The summed E-state index contributed by atoms with van der Waals surface area (Å²) in [7, 11) is 1.32. The van der Waals surface area contributed by atoms with Gasteiger partial charge in [-0.25, -0.2) is 0 Å². The number of rotatable bonds is 6. The monoisotopic (exact) mass is 327 g/mol. The van der Waals surface area contributed by atoms with Gasteiger partial charge in [-0.05, 0) is 30.5 Å².